The van der Waals surface area contributed by atoms with Crippen LogP contribution in [0.4, 0.5) is 5.69 Å². The maximum absolute atomic E-state index is 10.6. The van der Waals surface area contributed by atoms with Gasteiger partial charge in [0.15, 0.2) is 0 Å². The number of hydrogen-bond donors (Lipinski definition) is 2. The van der Waals surface area contributed by atoms with Crippen LogP contribution in [0.3, 0.4) is 0 Å². The van der Waals surface area contributed by atoms with Crippen LogP contribution in [0, 0.1) is 10.1 Å². The lowest BCUT2D eigenvalue weighted by Gasteiger charge is -2.27. The fourth-order valence-electron chi connectivity index (χ4n) is 1.55. The molecule has 0 aliphatic rings. The van der Waals surface area contributed by atoms with Crippen molar-refractivity contribution in [1.29, 1.82) is 0 Å². The lowest BCUT2D eigenvalue weighted by atomic mass is 9.82. The van der Waals surface area contributed by atoms with E-state index in [0.29, 0.717) is 11.3 Å². The smallest absolute Gasteiger partial charge is 0.273 e. The highest BCUT2D eigenvalue weighted by Crippen LogP contribution is 2.33. The van der Waals surface area contributed by atoms with Crippen molar-refractivity contribution in [2.24, 2.45) is 5.73 Å². The second-order valence-corrected chi connectivity index (χ2v) is 4.06. The molecule has 0 aromatic heterocycles. The number of aliphatic hydroxyl groups is 1. The molecule has 0 bridgehead atoms. The number of rotatable bonds is 5. The first-order valence-corrected chi connectivity index (χ1v) is 5.12. The summed E-state index contributed by atoms with van der Waals surface area (Å²) >= 11 is 0. The number of ether oxygens (including phenoxy) is 1. The van der Waals surface area contributed by atoms with Crippen LogP contribution in [-0.4, -0.2) is 30.3 Å². The average Bonchev–Trinajstić information content (AvgIpc) is 2.36. The van der Waals surface area contributed by atoms with Crippen LogP contribution in [-0.2, 0) is 5.41 Å². The molecule has 0 fully saturated rings. The molecule has 94 valence electrons. The van der Waals surface area contributed by atoms with Gasteiger partial charge in [0.1, 0.15) is 5.75 Å². The average molecular weight is 240 g/mol. The molecular formula is C11H16N2O4. The lowest BCUT2D eigenvalue weighted by Crippen LogP contribution is -2.35. The number of aliphatic hydroxyl groups excluding tert-OH is 1. The molecule has 6 nitrogen and oxygen atoms in total. The Morgan fingerprint density at radius 3 is 2.65 bits per heavy atom. The van der Waals surface area contributed by atoms with Crippen molar-refractivity contribution in [3.8, 4) is 5.75 Å². The minimum absolute atomic E-state index is 0.0529. The van der Waals surface area contributed by atoms with Crippen molar-refractivity contribution < 1.29 is 14.8 Å². The quantitative estimate of drug-likeness (QED) is 0.586. The van der Waals surface area contributed by atoms with E-state index in [4.69, 9.17) is 10.5 Å². The van der Waals surface area contributed by atoms with Gasteiger partial charge in [0, 0.05) is 23.6 Å². The number of hydrogen-bond acceptors (Lipinski definition) is 5. The molecular weight excluding hydrogens is 224 g/mol. The third kappa shape index (κ3) is 2.54. The summed E-state index contributed by atoms with van der Waals surface area (Å²) in [5.74, 6) is 0.362. The van der Waals surface area contributed by atoms with E-state index in [1.165, 1.54) is 19.2 Å². The SMILES string of the molecule is COc1cc([N+](=O)[O-])ccc1C(C)(CN)CO. The Morgan fingerprint density at radius 2 is 2.24 bits per heavy atom. The summed E-state index contributed by atoms with van der Waals surface area (Å²) in [6, 6.07) is 4.28. The molecule has 1 atom stereocenters. The number of nitrogens with zero attached hydrogens (tertiary/aromatic N) is 1. The monoisotopic (exact) mass is 240 g/mol. The number of nitro benzene ring substituents is 1. The van der Waals surface area contributed by atoms with E-state index in [-0.39, 0.29) is 18.8 Å². The summed E-state index contributed by atoms with van der Waals surface area (Å²) in [5, 5.41) is 20.0. The molecule has 0 spiro atoms. The van der Waals surface area contributed by atoms with Gasteiger partial charge < -0.3 is 15.6 Å². The molecule has 1 rings (SSSR count). The Labute approximate surface area is 99.2 Å². The molecule has 0 saturated heterocycles. The van der Waals surface area contributed by atoms with Gasteiger partial charge in [-0.2, -0.15) is 0 Å². The zero-order valence-electron chi connectivity index (χ0n) is 9.84. The largest absolute Gasteiger partial charge is 0.496 e. The Morgan fingerprint density at radius 1 is 1.59 bits per heavy atom. The van der Waals surface area contributed by atoms with E-state index >= 15 is 0 Å². The topological polar surface area (TPSA) is 98.6 Å². The summed E-state index contributed by atoms with van der Waals surface area (Å²) in [7, 11) is 1.43. The van der Waals surface area contributed by atoms with Crippen LogP contribution in [0.25, 0.3) is 0 Å². The van der Waals surface area contributed by atoms with Gasteiger partial charge in [-0.15, -0.1) is 0 Å². The summed E-state index contributed by atoms with van der Waals surface area (Å²) in [4.78, 5) is 10.2. The highest BCUT2D eigenvalue weighted by molar-refractivity contribution is 5.48. The summed E-state index contributed by atoms with van der Waals surface area (Å²) < 4.78 is 5.11. The fraction of sp³-hybridized carbons (Fsp3) is 0.455. The second kappa shape index (κ2) is 5.11. The van der Waals surface area contributed by atoms with Crippen LogP contribution < -0.4 is 10.5 Å². The molecule has 3 N–H and O–H groups in total. The molecule has 17 heavy (non-hydrogen) atoms. The molecule has 0 saturated carbocycles. The first-order chi connectivity index (χ1) is 7.98. The van der Waals surface area contributed by atoms with Gasteiger partial charge in [-0.05, 0) is 6.07 Å². The first kappa shape index (κ1) is 13.4. The summed E-state index contributed by atoms with van der Waals surface area (Å²) in [6.07, 6.45) is 0. The number of non-ortho nitro benzene ring substituents is 1. The third-order valence-corrected chi connectivity index (χ3v) is 2.85. The Kier molecular flexibility index (Phi) is 4.03. The van der Waals surface area contributed by atoms with Gasteiger partial charge in [0.25, 0.3) is 5.69 Å². The molecule has 0 amide bonds. The minimum atomic E-state index is -0.666. The minimum Gasteiger partial charge on any atom is -0.496 e. The molecule has 6 heteroatoms. The Hall–Kier alpha value is -1.66. The van der Waals surface area contributed by atoms with Gasteiger partial charge in [-0.25, -0.2) is 0 Å². The highest BCUT2D eigenvalue weighted by atomic mass is 16.6. The van der Waals surface area contributed by atoms with Crippen LogP contribution in [0.15, 0.2) is 18.2 Å². The summed E-state index contributed by atoms with van der Waals surface area (Å²) in [6.45, 7) is 1.84. The van der Waals surface area contributed by atoms with E-state index in [9.17, 15) is 15.2 Å². The maximum atomic E-state index is 10.6. The van der Waals surface area contributed by atoms with Crippen molar-refractivity contribution in [3.63, 3.8) is 0 Å². The van der Waals surface area contributed by atoms with E-state index in [1.54, 1.807) is 13.0 Å². The zero-order chi connectivity index (χ0) is 13.1. The summed E-state index contributed by atoms with van der Waals surface area (Å²) in [5.41, 5.74) is 5.57. The van der Waals surface area contributed by atoms with Crippen LogP contribution in [0.1, 0.15) is 12.5 Å². The second-order valence-electron chi connectivity index (χ2n) is 4.06. The maximum Gasteiger partial charge on any atom is 0.273 e. The predicted molar refractivity (Wildman–Crippen MR) is 63.1 cm³/mol. The number of nitro groups is 1. The lowest BCUT2D eigenvalue weighted by molar-refractivity contribution is -0.385. The van der Waals surface area contributed by atoms with Crippen molar-refractivity contribution in [2.45, 2.75) is 12.3 Å². The predicted octanol–water partition coefficient (Wildman–Crippen LogP) is 0.812. The van der Waals surface area contributed by atoms with E-state index in [0.717, 1.165) is 0 Å². The van der Waals surface area contributed by atoms with Crippen LogP contribution in [0.5, 0.6) is 5.75 Å². The first-order valence-electron chi connectivity index (χ1n) is 5.12. The Balaban J connectivity index is 3.30. The van der Waals surface area contributed by atoms with E-state index < -0.39 is 10.3 Å². The number of benzene rings is 1. The van der Waals surface area contributed by atoms with Gasteiger partial charge in [0.05, 0.1) is 24.7 Å². The molecule has 0 radical (unpaired) electrons. The van der Waals surface area contributed by atoms with Crippen LogP contribution >= 0.6 is 0 Å². The van der Waals surface area contributed by atoms with Crippen molar-refractivity contribution >= 4 is 5.69 Å². The van der Waals surface area contributed by atoms with Crippen molar-refractivity contribution in [1.82, 2.24) is 0 Å². The van der Waals surface area contributed by atoms with Gasteiger partial charge in [-0.1, -0.05) is 6.92 Å². The van der Waals surface area contributed by atoms with Crippen molar-refractivity contribution in [2.75, 3.05) is 20.3 Å². The third-order valence-electron chi connectivity index (χ3n) is 2.85. The number of nitrogens with two attached hydrogens (primary N) is 1. The normalized spacial score (nSPS) is 14.1. The van der Waals surface area contributed by atoms with Crippen LogP contribution in [0.2, 0.25) is 0 Å². The molecule has 1 aromatic carbocycles. The highest BCUT2D eigenvalue weighted by Gasteiger charge is 2.28. The standard InChI is InChI=1S/C11H16N2O4/c1-11(6-12,7-14)9-4-3-8(13(15)16)5-10(9)17-2/h3-5,14H,6-7,12H2,1-2H3. The molecule has 0 aliphatic carbocycles. The molecule has 0 heterocycles. The number of methoxy groups -OCH3 is 1. The van der Waals surface area contributed by atoms with Crippen molar-refractivity contribution in [3.05, 3.63) is 33.9 Å². The molecule has 0 aliphatic heterocycles. The van der Waals surface area contributed by atoms with Gasteiger partial charge in [0.2, 0.25) is 0 Å². The molecule has 1 unspecified atom stereocenters. The van der Waals surface area contributed by atoms with Gasteiger partial charge in [-0.3, -0.25) is 10.1 Å². The van der Waals surface area contributed by atoms with Gasteiger partial charge >= 0.3 is 0 Å². The van der Waals surface area contributed by atoms with E-state index in [1.807, 2.05) is 0 Å². The fourth-order valence-corrected chi connectivity index (χ4v) is 1.55. The zero-order valence-corrected chi connectivity index (χ0v) is 9.84. The van der Waals surface area contributed by atoms with E-state index in [2.05, 4.69) is 0 Å². The Bertz CT molecular complexity index is 416. The molecule has 1 aromatic rings.